The van der Waals surface area contributed by atoms with Crippen LogP contribution in [0.3, 0.4) is 0 Å². The van der Waals surface area contributed by atoms with E-state index in [0.29, 0.717) is 24.2 Å². The van der Waals surface area contributed by atoms with Crippen LogP contribution in [0.15, 0.2) is 90.1 Å². The molecule has 0 fully saturated rings. The molecular weight excluding hydrogens is 450 g/mol. The maximum absolute atomic E-state index is 12.9. The summed E-state index contributed by atoms with van der Waals surface area (Å²) in [5, 5.41) is 7.22. The lowest BCUT2D eigenvalue weighted by molar-refractivity contribution is 0.0933. The molecular formula is C26H23N3O4S. The van der Waals surface area contributed by atoms with E-state index in [2.05, 4.69) is 10.4 Å². The number of hydrogen-bond donors (Lipinski definition) is 1. The Hall–Kier alpha value is -3.91. The Labute approximate surface area is 197 Å². The maximum atomic E-state index is 12.9. The van der Waals surface area contributed by atoms with Crippen molar-refractivity contribution in [2.75, 3.05) is 12.8 Å². The van der Waals surface area contributed by atoms with Crippen molar-refractivity contribution in [1.82, 2.24) is 15.1 Å². The highest BCUT2D eigenvalue weighted by Gasteiger charge is 2.26. The standard InChI is InChI=1S/C26H23N3O4S/c1-34(31,32)21-12-10-18(11-13-21)22-8-4-6-19-16-20(33-25(19)22)17-27-26(30)23-7-2-3-9-24(23)29-15-5-14-28-29/h2-15,20H,16-17H2,1H3,(H,27,30). The quantitative estimate of drug-likeness (QED) is 0.461. The van der Waals surface area contributed by atoms with Gasteiger partial charge in [-0.3, -0.25) is 4.79 Å². The summed E-state index contributed by atoms with van der Waals surface area (Å²) in [7, 11) is -3.25. The fourth-order valence-corrected chi connectivity index (χ4v) is 4.77. The largest absolute Gasteiger partial charge is 0.487 e. The predicted octanol–water partition coefficient (Wildman–Crippen LogP) is 3.68. The summed E-state index contributed by atoms with van der Waals surface area (Å²) in [6, 6.07) is 21.8. The Kier molecular flexibility index (Phi) is 5.67. The molecule has 1 aromatic heterocycles. The Morgan fingerprint density at radius 2 is 1.85 bits per heavy atom. The number of nitrogens with one attached hydrogen (secondary N) is 1. The van der Waals surface area contributed by atoms with E-state index in [1.165, 1.54) is 6.26 Å². The summed E-state index contributed by atoms with van der Waals surface area (Å²) in [4.78, 5) is 13.2. The maximum Gasteiger partial charge on any atom is 0.253 e. The van der Waals surface area contributed by atoms with Crippen molar-refractivity contribution in [3.63, 3.8) is 0 Å². The van der Waals surface area contributed by atoms with E-state index in [1.807, 2.05) is 42.5 Å². The van der Waals surface area contributed by atoms with E-state index >= 15 is 0 Å². The fraction of sp³-hybridized carbons (Fsp3) is 0.154. The Morgan fingerprint density at radius 3 is 2.59 bits per heavy atom. The SMILES string of the molecule is CS(=O)(=O)c1ccc(-c2cccc3c2OC(CNC(=O)c2ccccc2-n2cccn2)C3)cc1. The average Bonchev–Trinajstić information content (AvgIpc) is 3.52. The van der Waals surface area contributed by atoms with E-state index in [9.17, 15) is 13.2 Å². The lowest BCUT2D eigenvalue weighted by Gasteiger charge is -2.15. The lowest BCUT2D eigenvalue weighted by atomic mass is 10.0. The third-order valence-electron chi connectivity index (χ3n) is 5.81. The molecule has 0 radical (unpaired) electrons. The van der Waals surface area contributed by atoms with Gasteiger partial charge in [0.2, 0.25) is 0 Å². The Balaban J connectivity index is 1.30. The number of amides is 1. The lowest BCUT2D eigenvalue weighted by Crippen LogP contribution is -2.35. The number of sulfone groups is 1. The van der Waals surface area contributed by atoms with Gasteiger partial charge in [-0.1, -0.05) is 42.5 Å². The molecule has 5 rings (SSSR count). The van der Waals surface area contributed by atoms with Gasteiger partial charge >= 0.3 is 0 Å². The number of rotatable bonds is 6. The third kappa shape index (κ3) is 4.32. The van der Waals surface area contributed by atoms with Crippen molar-refractivity contribution < 1.29 is 17.9 Å². The summed E-state index contributed by atoms with van der Waals surface area (Å²) in [5.41, 5.74) is 4.08. The number of carbonyl (C=O) groups is 1. The summed E-state index contributed by atoms with van der Waals surface area (Å²) in [5.74, 6) is 0.577. The first-order valence-electron chi connectivity index (χ1n) is 10.9. The van der Waals surface area contributed by atoms with E-state index in [4.69, 9.17) is 4.74 Å². The molecule has 8 heteroatoms. The van der Waals surface area contributed by atoms with Gasteiger partial charge < -0.3 is 10.1 Å². The van der Waals surface area contributed by atoms with Crippen LogP contribution < -0.4 is 10.1 Å². The van der Waals surface area contributed by atoms with Crippen molar-refractivity contribution in [1.29, 1.82) is 0 Å². The first kappa shape index (κ1) is 21.9. The first-order chi connectivity index (χ1) is 16.4. The third-order valence-corrected chi connectivity index (χ3v) is 6.94. The Bertz CT molecular complexity index is 1450. The number of nitrogens with zero attached hydrogens (tertiary/aromatic N) is 2. The number of carbonyl (C=O) groups excluding carboxylic acids is 1. The van der Waals surface area contributed by atoms with Gasteiger partial charge in [0.05, 0.1) is 22.7 Å². The Morgan fingerprint density at radius 1 is 1.06 bits per heavy atom. The van der Waals surface area contributed by atoms with Gasteiger partial charge in [0.25, 0.3) is 5.91 Å². The highest BCUT2D eigenvalue weighted by molar-refractivity contribution is 7.90. The van der Waals surface area contributed by atoms with E-state index in [0.717, 1.165) is 22.4 Å². The smallest absolute Gasteiger partial charge is 0.253 e. The highest BCUT2D eigenvalue weighted by atomic mass is 32.2. The van der Waals surface area contributed by atoms with E-state index < -0.39 is 9.84 Å². The molecule has 0 bridgehead atoms. The second-order valence-corrected chi connectivity index (χ2v) is 10.2. The van der Waals surface area contributed by atoms with Crippen molar-refractivity contribution >= 4 is 15.7 Å². The van der Waals surface area contributed by atoms with Crippen LogP contribution in [0.4, 0.5) is 0 Å². The molecule has 4 aromatic rings. The van der Waals surface area contributed by atoms with Crippen LogP contribution in [0.25, 0.3) is 16.8 Å². The predicted molar refractivity (Wildman–Crippen MR) is 129 cm³/mol. The van der Waals surface area contributed by atoms with Crippen molar-refractivity contribution in [3.8, 4) is 22.6 Å². The second kappa shape index (κ2) is 8.79. The van der Waals surface area contributed by atoms with Gasteiger partial charge in [0.1, 0.15) is 11.9 Å². The van der Waals surface area contributed by atoms with Crippen LogP contribution in [0.5, 0.6) is 5.75 Å². The number of ether oxygens (including phenoxy) is 1. The number of aromatic nitrogens is 2. The van der Waals surface area contributed by atoms with Crippen LogP contribution in [0, 0.1) is 0 Å². The summed E-state index contributed by atoms with van der Waals surface area (Å²) < 4.78 is 31.4. The molecule has 1 amide bonds. The number of para-hydroxylation sites is 2. The molecule has 1 aliphatic rings. The summed E-state index contributed by atoms with van der Waals surface area (Å²) in [6.07, 6.45) is 5.13. The van der Waals surface area contributed by atoms with Crippen LogP contribution >= 0.6 is 0 Å². The van der Waals surface area contributed by atoms with Gasteiger partial charge in [0.15, 0.2) is 9.84 Å². The topological polar surface area (TPSA) is 90.3 Å². The van der Waals surface area contributed by atoms with Gasteiger partial charge in [-0.05, 0) is 41.5 Å². The summed E-state index contributed by atoms with van der Waals surface area (Å²) in [6.45, 7) is 0.355. The molecule has 3 aromatic carbocycles. The molecule has 1 unspecified atom stereocenters. The van der Waals surface area contributed by atoms with Gasteiger partial charge in [-0.25, -0.2) is 13.1 Å². The van der Waals surface area contributed by atoms with Crippen molar-refractivity contribution in [2.45, 2.75) is 17.4 Å². The molecule has 0 saturated carbocycles. The zero-order valence-electron chi connectivity index (χ0n) is 18.5. The summed E-state index contributed by atoms with van der Waals surface area (Å²) >= 11 is 0. The van der Waals surface area contributed by atoms with E-state index in [-0.39, 0.29) is 16.9 Å². The molecule has 172 valence electrons. The van der Waals surface area contributed by atoms with Crippen LogP contribution in [-0.2, 0) is 16.3 Å². The van der Waals surface area contributed by atoms with Crippen LogP contribution in [0.1, 0.15) is 15.9 Å². The molecule has 0 aliphatic carbocycles. The monoisotopic (exact) mass is 473 g/mol. The number of fused-ring (bicyclic) bond motifs is 1. The number of hydrogen-bond acceptors (Lipinski definition) is 5. The number of benzene rings is 3. The second-order valence-electron chi connectivity index (χ2n) is 8.21. The van der Waals surface area contributed by atoms with Crippen molar-refractivity contribution in [2.24, 2.45) is 0 Å². The van der Waals surface area contributed by atoms with Gasteiger partial charge in [-0.15, -0.1) is 0 Å². The first-order valence-corrected chi connectivity index (χ1v) is 12.8. The van der Waals surface area contributed by atoms with Crippen LogP contribution in [0.2, 0.25) is 0 Å². The molecule has 0 spiro atoms. The molecule has 1 N–H and O–H groups in total. The molecule has 1 aliphatic heterocycles. The zero-order valence-corrected chi connectivity index (χ0v) is 19.3. The molecule has 2 heterocycles. The highest BCUT2D eigenvalue weighted by Crippen LogP contribution is 2.39. The minimum Gasteiger partial charge on any atom is -0.487 e. The van der Waals surface area contributed by atoms with Gasteiger partial charge in [0, 0.05) is 30.6 Å². The minimum atomic E-state index is -3.25. The molecule has 1 atom stereocenters. The molecule has 34 heavy (non-hydrogen) atoms. The van der Waals surface area contributed by atoms with Gasteiger partial charge in [-0.2, -0.15) is 5.10 Å². The van der Waals surface area contributed by atoms with Crippen LogP contribution in [-0.4, -0.2) is 43.0 Å². The fourth-order valence-electron chi connectivity index (χ4n) is 4.14. The molecule has 7 nitrogen and oxygen atoms in total. The molecule has 0 saturated heterocycles. The minimum absolute atomic E-state index is 0.192. The average molecular weight is 474 g/mol. The normalized spacial score (nSPS) is 14.9. The van der Waals surface area contributed by atoms with E-state index in [1.54, 1.807) is 47.4 Å². The zero-order chi connectivity index (χ0) is 23.7. The van der Waals surface area contributed by atoms with Crippen molar-refractivity contribution in [3.05, 3.63) is 96.3 Å².